The number of alkyl halides is 2. The molecule has 34 heavy (non-hydrogen) atoms. The van der Waals surface area contributed by atoms with E-state index in [-0.39, 0.29) is 0 Å². The molecular formula is C28H22Br2N2O2. The van der Waals surface area contributed by atoms with Gasteiger partial charge in [0.2, 0.25) is 0 Å². The van der Waals surface area contributed by atoms with E-state index in [1.165, 1.54) is 0 Å². The molecule has 0 aliphatic rings. The Bertz CT molecular complexity index is 1310. The van der Waals surface area contributed by atoms with Gasteiger partial charge in [0.05, 0.1) is 35.6 Å². The minimum atomic E-state index is 0.639. The molecule has 6 heteroatoms. The number of benzene rings is 3. The maximum Gasteiger partial charge on any atom is 0.119 e. The summed E-state index contributed by atoms with van der Waals surface area (Å²) in [7, 11) is 0. The summed E-state index contributed by atoms with van der Waals surface area (Å²) in [4.78, 5) is 10.0. The highest BCUT2D eigenvalue weighted by atomic mass is 79.9. The van der Waals surface area contributed by atoms with Gasteiger partial charge in [-0.3, -0.25) is 0 Å². The van der Waals surface area contributed by atoms with Gasteiger partial charge in [-0.05, 0) is 60.7 Å². The van der Waals surface area contributed by atoms with E-state index in [0.29, 0.717) is 13.2 Å². The van der Waals surface area contributed by atoms with Crippen molar-refractivity contribution in [1.29, 1.82) is 0 Å². The Hall–Kier alpha value is -2.96. The summed E-state index contributed by atoms with van der Waals surface area (Å²) in [6.07, 6.45) is 0. The maximum atomic E-state index is 5.67. The van der Waals surface area contributed by atoms with Crippen LogP contribution in [0.25, 0.3) is 44.3 Å². The predicted octanol–water partition coefficient (Wildman–Crippen LogP) is 7.66. The molecule has 5 aromatic rings. The molecule has 0 unspecified atom stereocenters. The largest absolute Gasteiger partial charge is 0.493 e. The zero-order chi connectivity index (χ0) is 23.3. The Morgan fingerprint density at radius 1 is 0.500 bits per heavy atom. The first kappa shape index (κ1) is 22.8. The van der Waals surface area contributed by atoms with Crippen molar-refractivity contribution in [2.45, 2.75) is 0 Å². The van der Waals surface area contributed by atoms with Crippen molar-refractivity contribution in [2.75, 3.05) is 23.9 Å². The first-order valence-corrected chi connectivity index (χ1v) is 13.3. The molecule has 0 aliphatic heterocycles. The number of ether oxygens (including phenoxy) is 2. The number of aromatic nitrogens is 2. The zero-order valence-electron chi connectivity index (χ0n) is 18.4. The minimum Gasteiger partial charge on any atom is -0.493 e. The quantitative estimate of drug-likeness (QED) is 0.140. The van der Waals surface area contributed by atoms with Crippen molar-refractivity contribution in [3.05, 3.63) is 84.9 Å². The molecule has 5 rings (SSSR count). The van der Waals surface area contributed by atoms with Crippen LogP contribution in [0.1, 0.15) is 0 Å². The third kappa shape index (κ3) is 4.93. The molecule has 0 bridgehead atoms. The Balaban J connectivity index is 1.52. The van der Waals surface area contributed by atoms with E-state index in [1.54, 1.807) is 0 Å². The van der Waals surface area contributed by atoms with Crippen molar-refractivity contribution in [1.82, 2.24) is 9.97 Å². The summed E-state index contributed by atoms with van der Waals surface area (Å²) in [6.45, 7) is 1.28. The highest BCUT2D eigenvalue weighted by molar-refractivity contribution is 9.09. The number of pyridine rings is 2. The summed E-state index contributed by atoms with van der Waals surface area (Å²) in [6, 6.07) is 28.6. The Morgan fingerprint density at radius 3 is 1.26 bits per heavy atom. The number of hydrogen-bond donors (Lipinski definition) is 0. The van der Waals surface area contributed by atoms with E-state index >= 15 is 0 Å². The van der Waals surface area contributed by atoms with E-state index in [9.17, 15) is 0 Å². The van der Waals surface area contributed by atoms with Gasteiger partial charge < -0.3 is 9.47 Å². The topological polar surface area (TPSA) is 44.2 Å². The van der Waals surface area contributed by atoms with Gasteiger partial charge >= 0.3 is 0 Å². The van der Waals surface area contributed by atoms with E-state index in [4.69, 9.17) is 19.4 Å². The van der Waals surface area contributed by atoms with Crippen LogP contribution in [-0.4, -0.2) is 33.8 Å². The summed E-state index contributed by atoms with van der Waals surface area (Å²) in [5, 5.41) is 3.74. The Labute approximate surface area is 215 Å². The lowest BCUT2D eigenvalue weighted by atomic mass is 10.1. The van der Waals surface area contributed by atoms with Crippen LogP contribution in [0.5, 0.6) is 11.5 Å². The summed E-state index contributed by atoms with van der Waals surface area (Å²) in [5.74, 6) is 1.70. The van der Waals surface area contributed by atoms with Crippen LogP contribution in [0, 0.1) is 0 Å². The van der Waals surface area contributed by atoms with Gasteiger partial charge in [-0.15, -0.1) is 0 Å². The molecule has 0 fully saturated rings. The fraction of sp³-hybridized carbons (Fsp3) is 0.143. The SMILES string of the molecule is BrCCOc1ccc(-c2ccc3ccc4ccc(-c5ccc(OCCBr)cc5)nc4c3n2)cc1. The molecule has 0 atom stereocenters. The molecule has 0 amide bonds. The maximum absolute atomic E-state index is 5.67. The molecule has 0 radical (unpaired) electrons. The molecule has 3 aromatic carbocycles. The van der Waals surface area contributed by atoms with Gasteiger partial charge in [-0.25, -0.2) is 9.97 Å². The van der Waals surface area contributed by atoms with E-state index in [0.717, 1.165) is 66.5 Å². The summed E-state index contributed by atoms with van der Waals surface area (Å²) >= 11 is 6.77. The molecule has 2 aromatic heterocycles. The number of hydrogen-bond acceptors (Lipinski definition) is 4. The van der Waals surface area contributed by atoms with Crippen molar-refractivity contribution < 1.29 is 9.47 Å². The number of rotatable bonds is 8. The lowest BCUT2D eigenvalue weighted by Gasteiger charge is -2.09. The second-order valence-corrected chi connectivity index (χ2v) is 9.31. The van der Waals surface area contributed by atoms with Gasteiger partial charge in [0.1, 0.15) is 11.5 Å². The molecule has 0 saturated carbocycles. The van der Waals surface area contributed by atoms with Crippen molar-refractivity contribution >= 4 is 53.7 Å². The second kappa shape index (κ2) is 10.5. The Morgan fingerprint density at radius 2 is 0.882 bits per heavy atom. The van der Waals surface area contributed by atoms with Gasteiger partial charge in [-0.2, -0.15) is 0 Å². The lowest BCUT2D eigenvalue weighted by Crippen LogP contribution is -1.97. The smallest absolute Gasteiger partial charge is 0.119 e. The Kier molecular flexibility index (Phi) is 7.07. The first-order chi connectivity index (χ1) is 16.7. The molecule has 0 saturated heterocycles. The predicted molar refractivity (Wildman–Crippen MR) is 146 cm³/mol. The molecule has 0 spiro atoms. The van der Waals surface area contributed by atoms with Gasteiger partial charge in [0, 0.05) is 32.6 Å². The average Bonchev–Trinajstić information content (AvgIpc) is 2.90. The van der Waals surface area contributed by atoms with E-state index in [1.807, 2.05) is 48.5 Å². The third-order valence-electron chi connectivity index (χ3n) is 5.51. The molecule has 0 N–H and O–H groups in total. The van der Waals surface area contributed by atoms with Crippen molar-refractivity contribution in [3.8, 4) is 34.0 Å². The third-order valence-corrected chi connectivity index (χ3v) is 6.16. The fourth-order valence-electron chi connectivity index (χ4n) is 3.85. The number of nitrogens with zero attached hydrogens (tertiary/aromatic N) is 2. The highest BCUT2D eigenvalue weighted by Crippen LogP contribution is 2.29. The zero-order valence-corrected chi connectivity index (χ0v) is 21.6. The van der Waals surface area contributed by atoms with Crippen LogP contribution < -0.4 is 9.47 Å². The minimum absolute atomic E-state index is 0.639. The fourth-order valence-corrected chi connectivity index (χ4v) is 4.17. The summed E-state index contributed by atoms with van der Waals surface area (Å²) in [5.41, 5.74) is 5.70. The molecular weight excluding hydrogens is 556 g/mol. The highest BCUT2D eigenvalue weighted by Gasteiger charge is 2.09. The van der Waals surface area contributed by atoms with Gasteiger partial charge in [0.25, 0.3) is 0 Å². The van der Waals surface area contributed by atoms with Crippen molar-refractivity contribution in [3.63, 3.8) is 0 Å². The second-order valence-electron chi connectivity index (χ2n) is 7.73. The van der Waals surface area contributed by atoms with Gasteiger partial charge in [-0.1, -0.05) is 56.1 Å². The molecule has 4 nitrogen and oxygen atoms in total. The van der Waals surface area contributed by atoms with E-state index in [2.05, 4.69) is 68.3 Å². The van der Waals surface area contributed by atoms with Crippen LogP contribution in [0.2, 0.25) is 0 Å². The van der Waals surface area contributed by atoms with Gasteiger partial charge in [0.15, 0.2) is 0 Å². The van der Waals surface area contributed by atoms with Crippen molar-refractivity contribution in [2.24, 2.45) is 0 Å². The molecule has 2 heterocycles. The van der Waals surface area contributed by atoms with Crippen LogP contribution in [0.15, 0.2) is 84.9 Å². The molecule has 0 aliphatic carbocycles. The van der Waals surface area contributed by atoms with Crippen LogP contribution in [-0.2, 0) is 0 Å². The first-order valence-electron chi connectivity index (χ1n) is 11.0. The summed E-state index contributed by atoms with van der Waals surface area (Å²) < 4.78 is 11.3. The van der Waals surface area contributed by atoms with Crippen LogP contribution in [0.4, 0.5) is 0 Å². The van der Waals surface area contributed by atoms with Crippen LogP contribution >= 0.6 is 31.9 Å². The number of fused-ring (bicyclic) bond motifs is 3. The number of halogens is 2. The molecule has 170 valence electrons. The monoisotopic (exact) mass is 576 g/mol. The normalized spacial score (nSPS) is 11.1. The van der Waals surface area contributed by atoms with E-state index < -0.39 is 0 Å². The lowest BCUT2D eigenvalue weighted by molar-refractivity contribution is 0.345. The average molecular weight is 578 g/mol. The van der Waals surface area contributed by atoms with Crippen LogP contribution in [0.3, 0.4) is 0 Å². The standard InChI is InChI=1S/C28H22Br2N2O2/c29-15-17-33-23-9-3-19(4-10-23)25-13-7-21-1-2-22-8-14-26(32-28(22)27(21)31-25)20-5-11-24(12-6-20)34-18-16-30/h1-14H,15-18H2.